The Labute approximate surface area is 99.7 Å². The van der Waals surface area contributed by atoms with Crippen LogP contribution in [0.1, 0.15) is 12.8 Å². The molecule has 1 saturated heterocycles. The van der Waals surface area contributed by atoms with Gasteiger partial charge >= 0.3 is 0 Å². The predicted molar refractivity (Wildman–Crippen MR) is 67.8 cm³/mol. The lowest BCUT2D eigenvalue weighted by molar-refractivity contribution is 0.118. The molecule has 1 rings (SSSR count). The first kappa shape index (κ1) is 13.9. The molecule has 4 nitrogen and oxygen atoms in total. The highest BCUT2D eigenvalue weighted by molar-refractivity contribution is 4.70. The number of hydrogen-bond acceptors (Lipinski definition) is 4. The summed E-state index contributed by atoms with van der Waals surface area (Å²) >= 11 is 0. The van der Waals surface area contributed by atoms with E-state index in [9.17, 15) is 0 Å². The second-order valence-corrected chi connectivity index (χ2v) is 4.83. The lowest BCUT2D eigenvalue weighted by Gasteiger charge is -2.22. The van der Waals surface area contributed by atoms with Gasteiger partial charge in [-0.25, -0.2) is 0 Å². The minimum atomic E-state index is 0.815. The van der Waals surface area contributed by atoms with Crippen molar-refractivity contribution in [1.82, 2.24) is 15.5 Å². The molecule has 1 aliphatic heterocycles. The van der Waals surface area contributed by atoms with Gasteiger partial charge in [-0.15, -0.1) is 0 Å². The molecule has 0 aliphatic carbocycles. The van der Waals surface area contributed by atoms with E-state index < -0.39 is 0 Å². The topological polar surface area (TPSA) is 36.5 Å². The average molecular weight is 229 g/mol. The zero-order valence-electron chi connectivity index (χ0n) is 10.8. The summed E-state index contributed by atoms with van der Waals surface area (Å²) in [6.45, 7) is 7.15. The average Bonchev–Trinajstić information content (AvgIpc) is 2.29. The fraction of sp³-hybridized carbons (Fsp3) is 1.00. The van der Waals surface area contributed by atoms with Crippen molar-refractivity contribution < 1.29 is 4.74 Å². The van der Waals surface area contributed by atoms with Crippen molar-refractivity contribution in [3.05, 3.63) is 0 Å². The fourth-order valence-electron chi connectivity index (χ4n) is 1.90. The van der Waals surface area contributed by atoms with Crippen molar-refractivity contribution in [3.8, 4) is 0 Å². The minimum absolute atomic E-state index is 0.815. The zero-order chi connectivity index (χ0) is 11.6. The van der Waals surface area contributed by atoms with Crippen molar-refractivity contribution >= 4 is 0 Å². The lowest BCUT2D eigenvalue weighted by Crippen LogP contribution is -2.37. The van der Waals surface area contributed by atoms with Crippen molar-refractivity contribution in [2.45, 2.75) is 12.8 Å². The molecule has 0 radical (unpaired) electrons. The molecule has 0 aromatic rings. The third-order valence-electron chi connectivity index (χ3n) is 2.94. The number of nitrogens with one attached hydrogen (secondary N) is 2. The molecule has 96 valence electrons. The Balaban J connectivity index is 1.80. The van der Waals surface area contributed by atoms with Crippen molar-refractivity contribution in [1.29, 1.82) is 0 Å². The summed E-state index contributed by atoms with van der Waals surface area (Å²) in [5, 5.41) is 6.90. The van der Waals surface area contributed by atoms with Crippen LogP contribution in [0.25, 0.3) is 0 Å². The molecule has 1 aliphatic rings. The number of nitrogens with zero attached hydrogens (tertiary/aromatic N) is 1. The van der Waals surface area contributed by atoms with Gasteiger partial charge in [0.2, 0.25) is 0 Å². The number of hydrogen-bond donors (Lipinski definition) is 2. The Morgan fingerprint density at radius 3 is 2.94 bits per heavy atom. The SMILES string of the molecule is CN(C)CCOCCNCC1CCCNC1. The van der Waals surface area contributed by atoms with E-state index in [1.165, 1.54) is 25.9 Å². The standard InChI is InChI=1S/C12H27N3O/c1-15(2)7-9-16-8-6-14-11-12-4-3-5-13-10-12/h12-14H,3-11H2,1-2H3. The van der Waals surface area contributed by atoms with Crippen LogP contribution in [-0.2, 0) is 4.74 Å². The highest BCUT2D eigenvalue weighted by Gasteiger charge is 2.11. The summed E-state index contributed by atoms with van der Waals surface area (Å²) in [4.78, 5) is 2.14. The van der Waals surface area contributed by atoms with E-state index in [0.717, 1.165) is 38.8 Å². The van der Waals surface area contributed by atoms with Gasteiger partial charge in [-0.2, -0.15) is 0 Å². The van der Waals surface area contributed by atoms with Crippen LogP contribution < -0.4 is 10.6 Å². The molecule has 1 heterocycles. The minimum Gasteiger partial charge on any atom is -0.379 e. The Morgan fingerprint density at radius 2 is 2.25 bits per heavy atom. The maximum absolute atomic E-state index is 5.51. The van der Waals surface area contributed by atoms with E-state index in [1.54, 1.807) is 0 Å². The highest BCUT2D eigenvalue weighted by Crippen LogP contribution is 2.07. The van der Waals surface area contributed by atoms with Gasteiger partial charge in [0, 0.05) is 13.1 Å². The van der Waals surface area contributed by atoms with Gasteiger partial charge in [0.15, 0.2) is 0 Å². The Morgan fingerprint density at radius 1 is 1.38 bits per heavy atom. The van der Waals surface area contributed by atoms with Crippen LogP contribution in [-0.4, -0.2) is 64.9 Å². The van der Waals surface area contributed by atoms with E-state index in [4.69, 9.17) is 4.74 Å². The van der Waals surface area contributed by atoms with E-state index in [-0.39, 0.29) is 0 Å². The summed E-state index contributed by atoms with van der Waals surface area (Å²) in [6.07, 6.45) is 2.69. The molecule has 0 aromatic heterocycles. The maximum atomic E-state index is 5.51. The van der Waals surface area contributed by atoms with Crippen LogP contribution in [0.2, 0.25) is 0 Å². The van der Waals surface area contributed by atoms with Crippen LogP contribution in [0.3, 0.4) is 0 Å². The van der Waals surface area contributed by atoms with Crippen LogP contribution in [0.15, 0.2) is 0 Å². The van der Waals surface area contributed by atoms with E-state index in [2.05, 4.69) is 29.6 Å². The smallest absolute Gasteiger partial charge is 0.0593 e. The van der Waals surface area contributed by atoms with Crippen molar-refractivity contribution in [2.24, 2.45) is 5.92 Å². The lowest BCUT2D eigenvalue weighted by atomic mass is 10.00. The van der Waals surface area contributed by atoms with E-state index >= 15 is 0 Å². The molecule has 16 heavy (non-hydrogen) atoms. The normalized spacial score (nSPS) is 21.6. The molecular formula is C12H27N3O. The second kappa shape index (κ2) is 8.93. The predicted octanol–water partition coefficient (Wildman–Crippen LogP) is 0.154. The first-order chi connectivity index (χ1) is 7.79. The summed E-state index contributed by atoms with van der Waals surface area (Å²) in [7, 11) is 4.13. The van der Waals surface area contributed by atoms with E-state index in [1.807, 2.05) is 0 Å². The van der Waals surface area contributed by atoms with Gasteiger partial charge in [0.05, 0.1) is 13.2 Å². The van der Waals surface area contributed by atoms with Crippen molar-refractivity contribution in [3.63, 3.8) is 0 Å². The first-order valence-electron chi connectivity index (χ1n) is 6.43. The molecule has 2 N–H and O–H groups in total. The quantitative estimate of drug-likeness (QED) is 0.581. The molecule has 1 atom stereocenters. The molecule has 1 fully saturated rings. The summed E-state index contributed by atoms with van der Waals surface area (Å²) < 4.78 is 5.51. The van der Waals surface area contributed by atoms with Crippen LogP contribution in [0.4, 0.5) is 0 Å². The zero-order valence-corrected chi connectivity index (χ0v) is 10.8. The Kier molecular flexibility index (Phi) is 7.76. The molecule has 0 bridgehead atoms. The third kappa shape index (κ3) is 7.17. The van der Waals surface area contributed by atoms with Crippen LogP contribution >= 0.6 is 0 Å². The van der Waals surface area contributed by atoms with E-state index in [0.29, 0.717) is 0 Å². The summed E-state index contributed by atoms with van der Waals surface area (Å²) in [6, 6.07) is 0. The van der Waals surface area contributed by atoms with Gasteiger partial charge in [-0.05, 0) is 52.5 Å². The maximum Gasteiger partial charge on any atom is 0.0593 e. The molecule has 0 saturated carbocycles. The molecular weight excluding hydrogens is 202 g/mol. The number of piperidine rings is 1. The van der Waals surface area contributed by atoms with Gasteiger partial charge in [0.1, 0.15) is 0 Å². The fourth-order valence-corrected chi connectivity index (χ4v) is 1.90. The Hall–Kier alpha value is -0.160. The van der Waals surface area contributed by atoms with Crippen LogP contribution in [0, 0.1) is 5.92 Å². The molecule has 4 heteroatoms. The number of ether oxygens (including phenoxy) is 1. The number of rotatable bonds is 8. The van der Waals surface area contributed by atoms with Crippen molar-refractivity contribution in [2.75, 3.05) is 60.0 Å². The highest BCUT2D eigenvalue weighted by atomic mass is 16.5. The van der Waals surface area contributed by atoms with Gasteiger partial charge < -0.3 is 20.3 Å². The second-order valence-electron chi connectivity index (χ2n) is 4.83. The summed E-state index contributed by atoms with van der Waals surface area (Å²) in [5.74, 6) is 0.815. The van der Waals surface area contributed by atoms with Gasteiger partial charge in [0.25, 0.3) is 0 Å². The van der Waals surface area contributed by atoms with Crippen LogP contribution in [0.5, 0.6) is 0 Å². The van der Waals surface area contributed by atoms with Gasteiger partial charge in [-0.1, -0.05) is 0 Å². The number of likely N-dealkylation sites (N-methyl/N-ethyl adjacent to an activating group) is 1. The Bertz CT molecular complexity index is 158. The molecule has 0 amide bonds. The van der Waals surface area contributed by atoms with Gasteiger partial charge in [-0.3, -0.25) is 0 Å². The molecule has 1 unspecified atom stereocenters. The summed E-state index contributed by atoms with van der Waals surface area (Å²) in [5.41, 5.74) is 0. The monoisotopic (exact) mass is 229 g/mol. The first-order valence-corrected chi connectivity index (χ1v) is 6.43. The largest absolute Gasteiger partial charge is 0.379 e. The molecule has 0 spiro atoms. The third-order valence-corrected chi connectivity index (χ3v) is 2.94. The molecule has 0 aromatic carbocycles.